The lowest BCUT2D eigenvalue weighted by Crippen LogP contribution is -1.99. The van der Waals surface area contributed by atoms with Gasteiger partial charge < -0.3 is 14.4 Å². The minimum absolute atomic E-state index is 0.0593. The molecule has 23 heavy (non-hydrogen) atoms. The van der Waals surface area contributed by atoms with Gasteiger partial charge in [-0.1, -0.05) is 34.1 Å². The number of rotatable bonds is 4. The van der Waals surface area contributed by atoms with E-state index in [1.54, 1.807) is 7.11 Å². The highest BCUT2D eigenvalue weighted by molar-refractivity contribution is 14.1. The van der Waals surface area contributed by atoms with Gasteiger partial charge in [0.2, 0.25) is 0 Å². The zero-order valence-electron chi connectivity index (χ0n) is 12.9. The van der Waals surface area contributed by atoms with Gasteiger partial charge in [-0.25, -0.2) is 0 Å². The fourth-order valence-electron chi connectivity index (χ4n) is 2.80. The van der Waals surface area contributed by atoms with E-state index in [1.165, 1.54) is 10.8 Å². The number of ether oxygens (including phenoxy) is 1. The molecule has 0 saturated heterocycles. The topological polar surface area (TPSA) is 34.4 Å². The first kappa shape index (κ1) is 17.0. The Labute approximate surface area is 157 Å². The molecular formula is C18H17BrINO2. The maximum Gasteiger partial charge on any atom is 0.123 e. The maximum absolute atomic E-state index is 9.42. The van der Waals surface area contributed by atoms with Gasteiger partial charge in [-0.2, -0.15) is 0 Å². The van der Waals surface area contributed by atoms with Crippen LogP contribution in [0.4, 0.5) is 0 Å². The van der Waals surface area contributed by atoms with Crippen LogP contribution in [-0.4, -0.2) is 23.4 Å². The SMILES string of the molecule is COCn1c2ccccc2c2cc(Br)c(/C(I)=C(\C)CO)cc21. The Morgan fingerprint density at radius 2 is 1.96 bits per heavy atom. The summed E-state index contributed by atoms with van der Waals surface area (Å²) in [6.07, 6.45) is 0. The van der Waals surface area contributed by atoms with Gasteiger partial charge in [-0.15, -0.1) is 0 Å². The van der Waals surface area contributed by atoms with E-state index in [-0.39, 0.29) is 6.61 Å². The summed E-state index contributed by atoms with van der Waals surface area (Å²) in [6.45, 7) is 2.51. The first-order valence-corrected chi connectivity index (χ1v) is 9.11. The summed E-state index contributed by atoms with van der Waals surface area (Å²) in [5.74, 6) is 0. The molecule has 0 saturated carbocycles. The van der Waals surface area contributed by atoms with Crippen molar-refractivity contribution in [1.29, 1.82) is 0 Å². The average molecular weight is 486 g/mol. The Morgan fingerprint density at radius 3 is 2.65 bits per heavy atom. The predicted molar refractivity (Wildman–Crippen MR) is 108 cm³/mol. The number of aliphatic hydroxyl groups excluding tert-OH is 1. The van der Waals surface area contributed by atoms with Gasteiger partial charge in [-0.3, -0.25) is 0 Å². The molecule has 0 unspecified atom stereocenters. The number of hydrogen-bond acceptors (Lipinski definition) is 2. The van der Waals surface area contributed by atoms with Crippen molar-refractivity contribution in [1.82, 2.24) is 4.57 Å². The number of hydrogen-bond donors (Lipinski definition) is 1. The molecule has 5 heteroatoms. The molecular weight excluding hydrogens is 469 g/mol. The maximum atomic E-state index is 9.42. The van der Waals surface area contributed by atoms with E-state index in [9.17, 15) is 5.11 Å². The molecule has 0 atom stereocenters. The van der Waals surface area contributed by atoms with Crippen LogP contribution >= 0.6 is 38.5 Å². The van der Waals surface area contributed by atoms with Crippen molar-refractivity contribution in [2.45, 2.75) is 13.7 Å². The summed E-state index contributed by atoms with van der Waals surface area (Å²) < 4.78 is 9.67. The average Bonchev–Trinajstić information content (AvgIpc) is 2.87. The zero-order valence-corrected chi connectivity index (χ0v) is 16.7. The minimum atomic E-state index is 0.0593. The number of benzene rings is 2. The number of halogens is 2. The molecule has 1 aromatic heterocycles. The Bertz CT molecular complexity index is 914. The first-order valence-electron chi connectivity index (χ1n) is 7.24. The monoisotopic (exact) mass is 485 g/mol. The van der Waals surface area contributed by atoms with Gasteiger partial charge in [0, 0.05) is 31.5 Å². The highest BCUT2D eigenvalue weighted by Crippen LogP contribution is 2.38. The van der Waals surface area contributed by atoms with Gasteiger partial charge in [-0.05, 0) is 53.3 Å². The molecule has 0 amide bonds. The molecule has 0 aliphatic carbocycles. The second-order valence-electron chi connectivity index (χ2n) is 5.46. The number of nitrogens with zero attached hydrogens (tertiary/aromatic N) is 1. The van der Waals surface area contributed by atoms with E-state index in [2.05, 4.69) is 73.4 Å². The number of methoxy groups -OCH3 is 1. The van der Waals surface area contributed by atoms with E-state index >= 15 is 0 Å². The van der Waals surface area contributed by atoms with Crippen LogP contribution in [0.5, 0.6) is 0 Å². The van der Waals surface area contributed by atoms with E-state index in [4.69, 9.17) is 4.74 Å². The number of aliphatic hydroxyl groups is 1. The molecule has 3 rings (SSSR count). The van der Waals surface area contributed by atoms with Crippen LogP contribution in [0.25, 0.3) is 25.4 Å². The Balaban J connectivity index is 2.39. The fourth-order valence-corrected chi connectivity index (χ4v) is 4.33. The Hall–Kier alpha value is -0.890. The van der Waals surface area contributed by atoms with E-state index in [1.807, 2.05) is 13.0 Å². The standard InChI is InChI=1S/C18H17BrINO2/c1-11(9-22)18(20)14-8-17-13(7-15(14)19)12-5-3-4-6-16(12)21(17)10-23-2/h3-8,22H,9-10H2,1-2H3/b18-11-. The van der Waals surface area contributed by atoms with Crippen LogP contribution in [0, 0.1) is 0 Å². The van der Waals surface area contributed by atoms with Crippen molar-refractivity contribution < 1.29 is 9.84 Å². The molecule has 0 fully saturated rings. The van der Waals surface area contributed by atoms with E-state index in [0.717, 1.165) is 30.2 Å². The third-order valence-corrected chi connectivity index (χ3v) is 6.13. The summed E-state index contributed by atoms with van der Waals surface area (Å²) in [5, 5.41) is 11.8. The third kappa shape index (κ3) is 2.95. The summed E-state index contributed by atoms with van der Waals surface area (Å²) in [7, 11) is 1.71. The molecule has 0 spiro atoms. The summed E-state index contributed by atoms with van der Waals surface area (Å²) >= 11 is 5.98. The number of para-hydroxylation sites is 1. The lowest BCUT2D eigenvalue weighted by atomic mass is 10.1. The van der Waals surface area contributed by atoms with Crippen LogP contribution in [0.15, 0.2) is 46.4 Å². The second-order valence-corrected chi connectivity index (χ2v) is 7.40. The molecule has 3 nitrogen and oxygen atoms in total. The Kier molecular flexibility index (Phi) is 5.10. The highest BCUT2D eigenvalue weighted by atomic mass is 127. The van der Waals surface area contributed by atoms with Crippen molar-refractivity contribution in [3.05, 3.63) is 52.0 Å². The lowest BCUT2D eigenvalue weighted by molar-refractivity contribution is 0.138. The summed E-state index contributed by atoms with van der Waals surface area (Å²) in [5.41, 5.74) is 4.34. The number of aromatic nitrogens is 1. The largest absolute Gasteiger partial charge is 0.392 e. The normalized spacial score (nSPS) is 12.9. The summed E-state index contributed by atoms with van der Waals surface area (Å²) in [4.78, 5) is 0. The van der Waals surface area contributed by atoms with E-state index in [0.29, 0.717) is 6.73 Å². The smallest absolute Gasteiger partial charge is 0.123 e. The van der Waals surface area contributed by atoms with Crippen molar-refractivity contribution in [3.63, 3.8) is 0 Å². The van der Waals surface area contributed by atoms with Gasteiger partial charge in [0.25, 0.3) is 0 Å². The molecule has 0 bridgehead atoms. The van der Waals surface area contributed by atoms with Gasteiger partial charge in [0.1, 0.15) is 6.73 Å². The van der Waals surface area contributed by atoms with Gasteiger partial charge in [0.05, 0.1) is 17.6 Å². The Morgan fingerprint density at radius 1 is 1.22 bits per heavy atom. The summed E-state index contributed by atoms with van der Waals surface area (Å²) in [6, 6.07) is 12.7. The van der Waals surface area contributed by atoms with Crippen LogP contribution in [0.2, 0.25) is 0 Å². The van der Waals surface area contributed by atoms with Crippen LogP contribution in [0.3, 0.4) is 0 Å². The van der Waals surface area contributed by atoms with Gasteiger partial charge in [0.15, 0.2) is 0 Å². The van der Waals surface area contributed by atoms with Crippen LogP contribution < -0.4 is 0 Å². The molecule has 2 aromatic carbocycles. The quantitative estimate of drug-likeness (QED) is 0.507. The molecule has 0 radical (unpaired) electrons. The lowest BCUT2D eigenvalue weighted by Gasteiger charge is -2.10. The number of fused-ring (bicyclic) bond motifs is 3. The third-order valence-electron chi connectivity index (χ3n) is 3.97. The minimum Gasteiger partial charge on any atom is -0.392 e. The van der Waals surface area contributed by atoms with Crippen molar-refractivity contribution >= 4 is 63.9 Å². The molecule has 0 aliphatic heterocycles. The molecule has 120 valence electrons. The molecule has 3 aromatic rings. The highest BCUT2D eigenvalue weighted by Gasteiger charge is 2.15. The first-order chi connectivity index (χ1) is 11.1. The van der Waals surface area contributed by atoms with Gasteiger partial charge >= 0.3 is 0 Å². The van der Waals surface area contributed by atoms with E-state index < -0.39 is 0 Å². The molecule has 1 heterocycles. The van der Waals surface area contributed by atoms with Crippen LogP contribution in [-0.2, 0) is 11.5 Å². The van der Waals surface area contributed by atoms with Crippen molar-refractivity contribution in [2.75, 3.05) is 13.7 Å². The predicted octanol–water partition coefficient (Wildman–Crippen LogP) is 5.32. The second kappa shape index (κ2) is 6.93. The molecule has 0 aliphatic rings. The fraction of sp³-hybridized carbons (Fsp3) is 0.222. The molecule has 1 N–H and O–H groups in total. The zero-order chi connectivity index (χ0) is 16.6. The van der Waals surface area contributed by atoms with Crippen molar-refractivity contribution in [3.8, 4) is 0 Å². The van der Waals surface area contributed by atoms with Crippen molar-refractivity contribution in [2.24, 2.45) is 0 Å². The van der Waals surface area contributed by atoms with Crippen LogP contribution in [0.1, 0.15) is 12.5 Å².